The maximum atomic E-state index is 12.3. The molecule has 1 aromatic carbocycles. The Balaban J connectivity index is 2.78. The normalized spacial score (nSPS) is 10.3. The molecule has 0 heterocycles. The fraction of sp³-hybridized carbons (Fsp3) is 0.300. The van der Waals surface area contributed by atoms with E-state index >= 15 is 0 Å². The summed E-state index contributed by atoms with van der Waals surface area (Å²) in [4.78, 5) is 11.0. The lowest BCUT2D eigenvalue weighted by molar-refractivity contribution is -0.115. The van der Waals surface area contributed by atoms with Crippen LogP contribution in [0.3, 0.4) is 0 Å². The van der Waals surface area contributed by atoms with Gasteiger partial charge >= 0.3 is 0 Å². The molecule has 0 radical (unpaired) electrons. The van der Waals surface area contributed by atoms with Crippen LogP contribution in [0.25, 0.3) is 0 Å². The molecule has 4 heteroatoms. The molecule has 0 saturated heterocycles. The quantitative estimate of drug-likeness (QED) is 0.796. The summed E-state index contributed by atoms with van der Waals surface area (Å²) in [5, 5.41) is 2.51. The summed E-state index contributed by atoms with van der Waals surface area (Å²) < 4.78 is 24.5. The van der Waals surface area contributed by atoms with Gasteiger partial charge in [0.15, 0.2) is 0 Å². The Bertz CT molecular complexity index is 326. The molecule has 1 aromatic rings. The number of halogens is 2. The number of amides is 1. The molecule has 0 aliphatic heterocycles. The van der Waals surface area contributed by atoms with E-state index in [2.05, 4.69) is 5.32 Å². The Kier molecular flexibility index (Phi) is 3.56. The molecule has 1 N–H and O–H groups in total. The van der Waals surface area contributed by atoms with Crippen molar-refractivity contribution in [2.75, 3.05) is 5.32 Å². The molecule has 0 aliphatic rings. The predicted molar refractivity (Wildman–Crippen MR) is 50.3 cm³/mol. The lowest BCUT2D eigenvalue weighted by Crippen LogP contribution is -2.09. The van der Waals surface area contributed by atoms with Crippen molar-refractivity contribution in [3.8, 4) is 0 Å². The third-order valence-electron chi connectivity index (χ3n) is 1.74. The molecule has 0 fully saturated rings. The Morgan fingerprint density at radius 1 is 1.50 bits per heavy atom. The highest BCUT2D eigenvalue weighted by Crippen LogP contribution is 2.21. The monoisotopic (exact) mass is 199 g/mol. The summed E-state index contributed by atoms with van der Waals surface area (Å²) in [6.45, 7) is 1.70. The van der Waals surface area contributed by atoms with E-state index in [4.69, 9.17) is 0 Å². The zero-order valence-electron chi connectivity index (χ0n) is 7.76. The second kappa shape index (κ2) is 4.69. The minimum atomic E-state index is -2.51. The Hall–Kier alpha value is -1.45. The first-order chi connectivity index (χ1) is 6.63. The van der Waals surface area contributed by atoms with Crippen molar-refractivity contribution in [1.29, 1.82) is 0 Å². The molecule has 1 rings (SSSR count). The van der Waals surface area contributed by atoms with E-state index in [0.29, 0.717) is 12.1 Å². The summed E-state index contributed by atoms with van der Waals surface area (Å²) in [5.74, 6) is -0.184. The van der Waals surface area contributed by atoms with E-state index in [1.807, 2.05) is 0 Å². The minimum absolute atomic E-state index is 0.0843. The number of rotatable bonds is 3. The molecule has 0 saturated carbocycles. The number of carbonyl (C=O) groups is 1. The van der Waals surface area contributed by atoms with Crippen molar-refractivity contribution >= 4 is 11.6 Å². The third-order valence-corrected chi connectivity index (χ3v) is 1.74. The standard InChI is InChI=1S/C10H11F2NO/c1-2-9(14)13-8-5-3-4-7(6-8)10(11)12/h3-6,10H,2H2,1H3,(H,13,14). The first kappa shape index (κ1) is 10.6. The lowest BCUT2D eigenvalue weighted by Gasteiger charge is -2.05. The summed E-state index contributed by atoms with van der Waals surface area (Å²) >= 11 is 0. The predicted octanol–water partition coefficient (Wildman–Crippen LogP) is 2.97. The van der Waals surface area contributed by atoms with Crippen LogP contribution < -0.4 is 5.32 Å². The van der Waals surface area contributed by atoms with E-state index in [9.17, 15) is 13.6 Å². The van der Waals surface area contributed by atoms with Gasteiger partial charge in [0.05, 0.1) is 0 Å². The summed E-state index contributed by atoms with van der Waals surface area (Å²) in [5.41, 5.74) is 0.327. The first-order valence-corrected chi connectivity index (χ1v) is 4.31. The topological polar surface area (TPSA) is 29.1 Å². The maximum absolute atomic E-state index is 12.3. The molecule has 1 amide bonds. The molecule has 76 valence electrons. The van der Waals surface area contributed by atoms with Crippen LogP contribution in [-0.4, -0.2) is 5.91 Å². The molecule has 2 nitrogen and oxygen atoms in total. The Morgan fingerprint density at radius 2 is 2.21 bits per heavy atom. The second-order valence-corrected chi connectivity index (χ2v) is 2.83. The zero-order valence-corrected chi connectivity index (χ0v) is 7.76. The van der Waals surface area contributed by atoms with E-state index < -0.39 is 6.43 Å². The summed E-state index contributed by atoms with van der Waals surface area (Å²) in [6.07, 6.45) is -2.17. The summed E-state index contributed by atoms with van der Waals surface area (Å²) in [6, 6.07) is 5.68. The van der Waals surface area contributed by atoms with Crippen LogP contribution in [0.1, 0.15) is 25.3 Å². The third kappa shape index (κ3) is 2.80. The number of carbonyl (C=O) groups excluding carboxylic acids is 1. The molecule has 14 heavy (non-hydrogen) atoms. The smallest absolute Gasteiger partial charge is 0.263 e. The minimum Gasteiger partial charge on any atom is -0.326 e. The Labute approximate surface area is 80.9 Å². The van der Waals surface area contributed by atoms with Crippen molar-refractivity contribution in [3.05, 3.63) is 29.8 Å². The van der Waals surface area contributed by atoms with Gasteiger partial charge in [-0.15, -0.1) is 0 Å². The van der Waals surface area contributed by atoms with E-state index in [1.165, 1.54) is 18.2 Å². The van der Waals surface area contributed by atoms with E-state index in [0.717, 1.165) is 0 Å². The number of hydrogen-bond donors (Lipinski definition) is 1. The highest BCUT2D eigenvalue weighted by Gasteiger charge is 2.07. The van der Waals surface area contributed by atoms with Gasteiger partial charge in [0.1, 0.15) is 0 Å². The number of nitrogens with one attached hydrogen (secondary N) is 1. The van der Waals surface area contributed by atoms with Crippen LogP contribution in [0.2, 0.25) is 0 Å². The van der Waals surface area contributed by atoms with Crippen molar-refractivity contribution in [1.82, 2.24) is 0 Å². The van der Waals surface area contributed by atoms with Gasteiger partial charge in [-0.3, -0.25) is 4.79 Å². The van der Waals surface area contributed by atoms with E-state index in [-0.39, 0.29) is 11.5 Å². The molecule has 0 unspecified atom stereocenters. The van der Waals surface area contributed by atoms with Gasteiger partial charge in [-0.25, -0.2) is 8.78 Å². The molecule has 0 aromatic heterocycles. The molecular weight excluding hydrogens is 188 g/mol. The fourth-order valence-corrected chi connectivity index (χ4v) is 1.00. The number of hydrogen-bond acceptors (Lipinski definition) is 1. The van der Waals surface area contributed by atoms with Crippen LogP contribution in [0.4, 0.5) is 14.5 Å². The van der Waals surface area contributed by atoms with Crippen molar-refractivity contribution in [2.45, 2.75) is 19.8 Å². The van der Waals surface area contributed by atoms with Crippen LogP contribution in [0.5, 0.6) is 0 Å². The number of alkyl halides is 2. The van der Waals surface area contributed by atoms with Crippen molar-refractivity contribution in [2.24, 2.45) is 0 Å². The number of benzene rings is 1. The maximum Gasteiger partial charge on any atom is 0.263 e. The van der Waals surface area contributed by atoms with Gasteiger partial charge in [-0.2, -0.15) is 0 Å². The number of anilines is 1. The highest BCUT2D eigenvalue weighted by molar-refractivity contribution is 5.90. The molecule has 0 spiro atoms. The largest absolute Gasteiger partial charge is 0.326 e. The average Bonchev–Trinajstić information content (AvgIpc) is 2.18. The van der Waals surface area contributed by atoms with Crippen molar-refractivity contribution < 1.29 is 13.6 Å². The van der Waals surface area contributed by atoms with Crippen LogP contribution in [0.15, 0.2) is 24.3 Å². The molecule has 0 bridgehead atoms. The van der Waals surface area contributed by atoms with E-state index in [1.54, 1.807) is 13.0 Å². The van der Waals surface area contributed by atoms with Gasteiger partial charge in [0.25, 0.3) is 6.43 Å². The molecule has 0 atom stereocenters. The summed E-state index contributed by atoms with van der Waals surface area (Å²) in [7, 11) is 0. The SMILES string of the molecule is CCC(=O)Nc1cccc(C(F)F)c1. The van der Waals surface area contributed by atoms with Gasteiger partial charge in [0.2, 0.25) is 5.91 Å². The van der Waals surface area contributed by atoms with Crippen LogP contribution in [0, 0.1) is 0 Å². The fourth-order valence-electron chi connectivity index (χ4n) is 1.00. The van der Waals surface area contributed by atoms with Crippen molar-refractivity contribution in [3.63, 3.8) is 0 Å². The highest BCUT2D eigenvalue weighted by atomic mass is 19.3. The van der Waals surface area contributed by atoms with Gasteiger partial charge < -0.3 is 5.32 Å². The lowest BCUT2D eigenvalue weighted by atomic mass is 10.2. The van der Waals surface area contributed by atoms with Crippen LogP contribution in [-0.2, 0) is 4.79 Å². The molecule has 0 aliphatic carbocycles. The Morgan fingerprint density at radius 3 is 2.79 bits per heavy atom. The average molecular weight is 199 g/mol. The van der Waals surface area contributed by atoms with Gasteiger partial charge in [-0.05, 0) is 12.1 Å². The molecular formula is C10H11F2NO. The first-order valence-electron chi connectivity index (χ1n) is 4.31. The zero-order chi connectivity index (χ0) is 10.6. The van der Waals surface area contributed by atoms with Gasteiger partial charge in [0, 0.05) is 17.7 Å². The second-order valence-electron chi connectivity index (χ2n) is 2.83. The van der Waals surface area contributed by atoms with Gasteiger partial charge in [-0.1, -0.05) is 19.1 Å². The van der Waals surface area contributed by atoms with Crippen LogP contribution >= 0.6 is 0 Å².